The number of likely N-dealkylation sites (N-methyl/N-ethyl adjacent to an activating group) is 2. The minimum atomic E-state index is -3.66. The van der Waals surface area contributed by atoms with Gasteiger partial charge in [0.1, 0.15) is 11.9 Å². The molecular formula is C29H37N7O3S. The lowest BCUT2D eigenvalue weighted by Gasteiger charge is -2.40. The van der Waals surface area contributed by atoms with Gasteiger partial charge in [-0.3, -0.25) is 9.69 Å². The first-order chi connectivity index (χ1) is 19.2. The first-order valence-corrected chi connectivity index (χ1v) is 15.1. The molecule has 5 rings (SSSR count). The van der Waals surface area contributed by atoms with E-state index in [0.29, 0.717) is 31.1 Å². The second-order valence-electron chi connectivity index (χ2n) is 10.4. The van der Waals surface area contributed by atoms with E-state index in [2.05, 4.69) is 36.8 Å². The summed E-state index contributed by atoms with van der Waals surface area (Å²) in [5.41, 5.74) is 3.31. The van der Waals surface area contributed by atoms with Gasteiger partial charge < -0.3 is 20.0 Å². The third kappa shape index (κ3) is 6.28. The van der Waals surface area contributed by atoms with Crippen molar-refractivity contribution in [2.75, 3.05) is 68.5 Å². The zero-order chi connectivity index (χ0) is 28.3. The topological polar surface area (TPSA) is 101 Å². The zero-order valence-corrected chi connectivity index (χ0v) is 24.1. The van der Waals surface area contributed by atoms with Gasteiger partial charge in [-0.15, -0.1) is 0 Å². The van der Waals surface area contributed by atoms with E-state index in [1.165, 1.54) is 0 Å². The molecule has 2 aliphatic rings. The molecule has 0 aliphatic carbocycles. The highest BCUT2D eigenvalue weighted by atomic mass is 32.2. The molecule has 10 nitrogen and oxygen atoms in total. The summed E-state index contributed by atoms with van der Waals surface area (Å²) in [6, 6.07) is 18.3. The second kappa shape index (κ2) is 11.9. The number of carbonyl (C=O) groups is 1. The van der Waals surface area contributed by atoms with Crippen molar-refractivity contribution >= 4 is 38.8 Å². The van der Waals surface area contributed by atoms with Crippen LogP contribution in [-0.4, -0.2) is 88.5 Å². The van der Waals surface area contributed by atoms with Crippen molar-refractivity contribution in [1.82, 2.24) is 19.5 Å². The molecule has 2 aliphatic heterocycles. The Morgan fingerprint density at radius 1 is 0.950 bits per heavy atom. The largest absolute Gasteiger partial charge is 0.354 e. The molecule has 2 aromatic carbocycles. The zero-order valence-electron chi connectivity index (χ0n) is 23.2. The number of amides is 1. The summed E-state index contributed by atoms with van der Waals surface area (Å²) in [5, 5.41) is 3.26. The van der Waals surface area contributed by atoms with Crippen LogP contribution >= 0.6 is 0 Å². The van der Waals surface area contributed by atoms with Crippen LogP contribution in [0.5, 0.6) is 0 Å². The summed E-state index contributed by atoms with van der Waals surface area (Å²) in [6.45, 7) is 7.39. The summed E-state index contributed by atoms with van der Waals surface area (Å²) < 4.78 is 28.8. The van der Waals surface area contributed by atoms with Crippen molar-refractivity contribution in [3.8, 4) is 0 Å². The number of nitrogens with zero attached hydrogens (tertiary/aromatic N) is 5. The molecule has 1 atom stereocenters. The van der Waals surface area contributed by atoms with Gasteiger partial charge in [-0.1, -0.05) is 36.4 Å². The third-order valence-electron chi connectivity index (χ3n) is 7.62. The van der Waals surface area contributed by atoms with Crippen LogP contribution in [0, 0.1) is 0 Å². The van der Waals surface area contributed by atoms with Crippen LogP contribution in [0.1, 0.15) is 12.5 Å². The van der Waals surface area contributed by atoms with Gasteiger partial charge in [-0.25, -0.2) is 18.1 Å². The van der Waals surface area contributed by atoms with Crippen molar-refractivity contribution in [2.45, 2.75) is 24.4 Å². The molecule has 0 bridgehead atoms. The number of hydrogen-bond acceptors (Lipinski definition) is 8. The third-order valence-corrected chi connectivity index (χ3v) is 9.08. The fraction of sp³-hybridized carbons (Fsp3) is 0.379. The van der Waals surface area contributed by atoms with Crippen molar-refractivity contribution in [3.63, 3.8) is 0 Å². The predicted octanol–water partition coefficient (Wildman–Crippen LogP) is 2.72. The van der Waals surface area contributed by atoms with Crippen molar-refractivity contribution < 1.29 is 13.2 Å². The van der Waals surface area contributed by atoms with E-state index in [0.717, 1.165) is 43.1 Å². The lowest BCUT2D eigenvalue weighted by atomic mass is 10.1. The number of carbonyl (C=O) groups excluding carboxylic acids is 1. The number of pyridine rings is 1. The van der Waals surface area contributed by atoms with Gasteiger partial charge in [-0.05, 0) is 37.7 Å². The molecule has 212 valence electrons. The van der Waals surface area contributed by atoms with E-state index in [4.69, 9.17) is 0 Å². The highest BCUT2D eigenvalue weighted by molar-refractivity contribution is 7.89. The first kappa shape index (κ1) is 28.0. The number of sulfonamides is 1. The van der Waals surface area contributed by atoms with Crippen molar-refractivity contribution in [3.05, 3.63) is 72.4 Å². The van der Waals surface area contributed by atoms with Gasteiger partial charge >= 0.3 is 0 Å². The Balaban J connectivity index is 1.31. The predicted molar refractivity (Wildman–Crippen MR) is 159 cm³/mol. The smallest absolute Gasteiger partial charge is 0.249 e. The number of rotatable bonds is 9. The standard InChI is InChI=1S/C29H37N7O3S/c1-22-29(37)34(3)27-20-30-28(19-26(27)36(22)21-23-8-5-4-6-9-23)32-24-10-7-11-25(18-24)40(38,39)31-12-13-35-16-14-33(2)15-17-35/h4-11,18-20,22,31H,12-17,21H2,1-3H3,(H,30,32). The number of hydrogen-bond donors (Lipinski definition) is 2. The quantitative estimate of drug-likeness (QED) is 0.410. The van der Waals surface area contributed by atoms with E-state index in [-0.39, 0.29) is 16.8 Å². The van der Waals surface area contributed by atoms with E-state index in [1.54, 1.807) is 36.3 Å². The number of anilines is 4. The van der Waals surface area contributed by atoms with Gasteiger partial charge in [0.15, 0.2) is 0 Å². The number of aromatic nitrogens is 1. The Hall–Kier alpha value is -3.51. The molecule has 1 saturated heterocycles. The maximum absolute atomic E-state index is 13.0. The van der Waals surface area contributed by atoms with Crippen molar-refractivity contribution in [1.29, 1.82) is 0 Å². The van der Waals surface area contributed by atoms with Crippen LogP contribution in [0.15, 0.2) is 71.8 Å². The molecule has 1 fully saturated rings. The summed E-state index contributed by atoms with van der Waals surface area (Å²) in [7, 11) is 0.195. The monoisotopic (exact) mass is 563 g/mol. The van der Waals surface area contributed by atoms with Crippen LogP contribution in [0.4, 0.5) is 22.9 Å². The van der Waals surface area contributed by atoms with Crippen LogP contribution < -0.4 is 19.8 Å². The summed E-state index contributed by atoms with van der Waals surface area (Å²) in [5.74, 6) is 0.563. The SMILES string of the molecule is CC1C(=O)N(C)c2cnc(Nc3cccc(S(=O)(=O)NCCN4CCN(C)CC4)c3)cc2N1Cc1ccccc1. The second-order valence-corrected chi connectivity index (χ2v) is 12.2. The number of piperazine rings is 1. The normalized spacial score (nSPS) is 18.6. The van der Waals surface area contributed by atoms with Gasteiger partial charge in [0.05, 0.1) is 22.5 Å². The van der Waals surface area contributed by atoms with Gasteiger partial charge in [0.25, 0.3) is 0 Å². The number of nitrogens with one attached hydrogen (secondary N) is 2. The lowest BCUT2D eigenvalue weighted by molar-refractivity contribution is -0.119. The van der Waals surface area contributed by atoms with Crippen LogP contribution in [0.3, 0.4) is 0 Å². The molecule has 11 heteroatoms. The Labute approximate surface area is 236 Å². The van der Waals surface area contributed by atoms with Crippen molar-refractivity contribution in [2.24, 2.45) is 0 Å². The van der Waals surface area contributed by atoms with E-state index in [1.807, 2.05) is 49.4 Å². The van der Waals surface area contributed by atoms with E-state index >= 15 is 0 Å². The first-order valence-electron chi connectivity index (χ1n) is 13.6. The highest BCUT2D eigenvalue weighted by Crippen LogP contribution is 2.37. The maximum Gasteiger partial charge on any atom is 0.249 e. The molecule has 0 spiro atoms. The minimum Gasteiger partial charge on any atom is -0.354 e. The van der Waals surface area contributed by atoms with Crippen LogP contribution in [-0.2, 0) is 21.4 Å². The maximum atomic E-state index is 13.0. The molecule has 3 heterocycles. The highest BCUT2D eigenvalue weighted by Gasteiger charge is 2.34. The van der Waals surface area contributed by atoms with E-state index in [9.17, 15) is 13.2 Å². The average molecular weight is 564 g/mol. The Morgan fingerprint density at radius 3 is 2.45 bits per heavy atom. The molecule has 0 saturated carbocycles. The summed E-state index contributed by atoms with van der Waals surface area (Å²) >= 11 is 0. The molecule has 2 N–H and O–H groups in total. The molecule has 3 aromatic rings. The van der Waals surface area contributed by atoms with Crippen LogP contribution in [0.25, 0.3) is 0 Å². The molecule has 1 unspecified atom stereocenters. The molecule has 1 aromatic heterocycles. The van der Waals surface area contributed by atoms with Crippen LogP contribution in [0.2, 0.25) is 0 Å². The molecule has 1 amide bonds. The average Bonchev–Trinajstić information content (AvgIpc) is 2.96. The number of benzene rings is 2. The van der Waals surface area contributed by atoms with Gasteiger partial charge in [-0.2, -0.15) is 0 Å². The molecule has 0 radical (unpaired) electrons. The Kier molecular flexibility index (Phi) is 8.36. The fourth-order valence-electron chi connectivity index (χ4n) is 5.12. The number of fused-ring (bicyclic) bond motifs is 1. The van der Waals surface area contributed by atoms with E-state index < -0.39 is 10.0 Å². The van der Waals surface area contributed by atoms with Gasteiger partial charge in [0, 0.05) is 64.6 Å². The van der Waals surface area contributed by atoms with Gasteiger partial charge in [0.2, 0.25) is 15.9 Å². The lowest BCUT2D eigenvalue weighted by Crippen LogP contribution is -2.50. The minimum absolute atomic E-state index is 0.00368. The summed E-state index contributed by atoms with van der Waals surface area (Å²) in [4.78, 5) is 25.9. The molecular weight excluding hydrogens is 526 g/mol. The fourth-order valence-corrected chi connectivity index (χ4v) is 6.19. The Bertz CT molecular complexity index is 1440. The summed E-state index contributed by atoms with van der Waals surface area (Å²) in [6.07, 6.45) is 1.68. The Morgan fingerprint density at radius 2 is 1.70 bits per heavy atom. The molecule has 40 heavy (non-hydrogen) atoms.